The van der Waals surface area contributed by atoms with Gasteiger partial charge in [0.15, 0.2) is 0 Å². The minimum absolute atomic E-state index is 0.105. The second kappa shape index (κ2) is 4.98. The molecule has 0 aliphatic heterocycles. The van der Waals surface area contributed by atoms with Gasteiger partial charge in [-0.15, -0.1) is 0 Å². The van der Waals surface area contributed by atoms with Gasteiger partial charge in [-0.3, -0.25) is 0 Å². The third kappa shape index (κ3) is 2.38. The van der Waals surface area contributed by atoms with Crippen LogP contribution in [0, 0.1) is 0 Å². The Morgan fingerprint density at radius 3 is 2.61 bits per heavy atom. The fourth-order valence-electron chi connectivity index (χ4n) is 1.79. The van der Waals surface area contributed by atoms with Crippen LogP contribution in [0.25, 0.3) is 0 Å². The highest BCUT2D eigenvalue weighted by Crippen LogP contribution is 2.31. The molecule has 0 aromatic heterocycles. The third-order valence-corrected chi connectivity index (χ3v) is 2.77. The van der Waals surface area contributed by atoms with Crippen molar-refractivity contribution in [2.75, 3.05) is 12.8 Å². The van der Waals surface area contributed by atoms with Crippen LogP contribution in [0.15, 0.2) is 42.5 Å². The Morgan fingerprint density at radius 2 is 1.94 bits per heavy atom. The van der Waals surface area contributed by atoms with Crippen LogP contribution in [0.5, 0.6) is 11.5 Å². The molecule has 0 spiro atoms. The summed E-state index contributed by atoms with van der Waals surface area (Å²) >= 11 is 0. The van der Waals surface area contributed by atoms with Crippen LogP contribution in [0.4, 0.5) is 5.69 Å². The van der Waals surface area contributed by atoms with E-state index in [9.17, 15) is 10.2 Å². The number of rotatable bonds is 3. The Bertz CT molecular complexity index is 554. The molecule has 0 radical (unpaired) electrons. The van der Waals surface area contributed by atoms with Gasteiger partial charge in [-0.05, 0) is 35.9 Å². The molecule has 0 aliphatic carbocycles. The first-order valence-electron chi connectivity index (χ1n) is 5.52. The number of aliphatic hydroxyl groups excluding tert-OH is 1. The van der Waals surface area contributed by atoms with Gasteiger partial charge in [0.25, 0.3) is 0 Å². The van der Waals surface area contributed by atoms with Gasteiger partial charge in [-0.2, -0.15) is 0 Å². The summed E-state index contributed by atoms with van der Waals surface area (Å²) < 4.78 is 5.10. The fraction of sp³-hybridized carbons (Fsp3) is 0.143. The number of anilines is 1. The van der Waals surface area contributed by atoms with E-state index < -0.39 is 6.10 Å². The molecule has 2 aromatic carbocycles. The standard InChI is InChI=1S/C14H15NO3/c1-18-11-5-6-13(15)12(8-11)14(17)9-3-2-4-10(16)7-9/h2-8,14,16-17H,15H2,1H3. The summed E-state index contributed by atoms with van der Waals surface area (Å²) in [5.74, 6) is 0.728. The zero-order valence-corrected chi connectivity index (χ0v) is 10.00. The van der Waals surface area contributed by atoms with Crippen molar-refractivity contribution >= 4 is 5.69 Å². The Labute approximate surface area is 105 Å². The molecular formula is C14H15NO3. The average Bonchev–Trinajstić information content (AvgIpc) is 2.38. The van der Waals surface area contributed by atoms with E-state index in [0.717, 1.165) is 0 Å². The number of phenols is 1. The Hall–Kier alpha value is -2.20. The molecule has 0 saturated heterocycles. The molecule has 0 aliphatic rings. The van der Waals surface area contributed by atoms with E-state index in [1.54, 1.807) is 43.5 Å². The maximum Gasteiger partial charge on any atom is 0.119 e. The maximum absolute atomic E-state index is 10.3. The maximum atomic E-state index is 10.3. The summed E-state index contributed by atoms with van der Waals surface area (Å²) in [6.45, 7) is 0. The number of nitrogens with two attached hydrogens (primary N) is 1. The Kier molecular flexibility index (Phi) is 3.39. The van der Waals surface area contributed by atoms with Crippen molar-refractivity contribution < 1.29 is 14.9 Å². The Morgan fingerprint density at radius 1 is 1.17 bits per heavy atom. The highest BCUT2D eigenvalue weighted by molar-refractivity contribution is 5.54. The van der Waals surface area contributed by atoms with Crippen molar-refractivity contribution in [3.63, 3.8) is 0 Å². The quantitative estimate of drug-likeness (QED) is 0.723. The van der Waals surface area contributed by atoms with Gasteiger partial charge in [-0.1, -0.05) is 12.1 Å². The van der Waals surface area contributed by atoms with Crippen molar-refractivity contribution in [1.82, 2.24) is 0 Å². The van der Waals surface area contributed by atoms with E-state index in [2.05, 4.69) is 0 Å². The molecule has 4 nitrogen and oxygen atoms in total. The fourth-order valence-corrected chi connectivity index (χ4v) is 1.79. The minimum Gasteiger partial charge on any atom is -0.508 e. The normalized spacial score (nSPS) is 12.1. The summed E-state index contributed by atoms with van der Waals surface area (Å²) in [6, 6.07) is 11.5. The number of aliphatic hydroxyl groups is 1. The lowest BCUT2D eigenvalue weighted by Gasteiger charge is -2.15. The van der Waals surface area contributed by atoms with Gasteiger partial charge in [0.1, 0.15) is 17.6 Å². The molecule has 4 N–H and O–H groups in total. The second-order valence-corrected chi connectivity index (χ2v) is 3.99. The number of ether oxygens (including phenoxy) is 1. The molecule has 2 rings (SSSR count). The number of hydrogen-bond acceptors (Lipinski definition) is 4. The zero-order valence-electron chi connectivity index (χ0n) is 10.00. The van der Waals surface area contributed by atoms with Crippen LogP contribution in [0.3, 0.4) is 0 Å². The molecule has 1 atom stereocenters. The van der Waals surface area contributed by atoms with E-state index in [1.165, 1.54) is 6.07 Å². The van der Waals surface area contributed by atoms with E-state index in [0.29, 0.717) is 22.6 Å². The predicted molar refractivity (Wildman–Crippen MR) is 69.6 cm³/mol. The topological polar surface area (TPSA) is 75.7 Å². The first kappa shape index (κ1) is 12.3. The van der Waals surface area contributed by atoms with Crippen molar-refractivity contribution in [3.8, 4) is 11.5 Å². The van der Waals surface area contributed by atoms with E-state index in [-0.39, 0.29) is 5.75 Å². The van der Waals surface area contributed by atoms with Gasteiger partial charge in [0.2, 0.25) is 0 Å². The number of hydrogen-bond donors (Lipinski definition) is 3. The van der Waals surface area contributed by atoms with Gasteiger partial charge in [0.05, 0.1) is 7.11 Å². The SMILES string of the molecule is COc1ccc(N)c(C(O)c2cccc(O)c2)c1. The van der Waals surface area contributed by atoms with Crippen LogP contribution in [-0.2, 0) is 0 Å². The number of phenolic OH excluding ortho intramolecular Hbond substituents is 1. The number of benzene rings is 2. The monoisotopic (exact) mass is 245 g/mol. The van der Waals surface area contributed by atoms with Crippen molar-refractivity contribution in [3.05, 3.63) is 53.6 Å². The predicted octanol–water partition coefficient (Wildman–Crippen LogP) is 2.06. The van der Waals surface area contributed by atoms with Crippen LogP contribution in [0.2, 0.25) is 0 Å². The summed E-state index contributed by atoms with van der Waals surface area (Å²) in [7, 11) is 1.55. The summed E-state index contributed by atoms with van der Waals surface area (Å²) in [5.41, 5.74) is 7.45. The van der Waals surface area contributed by atoms with Crippen LogP contribution in [-0.4, -0.2) is 17.3 Å². The van der Waals surface area contributed by atoms with Gasteiger partial charge in [0, 0.05) is 11.3 Å². The third-order valence-electron chi connectivity index (χ3n) is 2.77. The lowest BCUT2D eigenvalue weighted by Crippen LogP contribution is -2.04. The van der Waals surface area contributed by atoms with E-state index in [1.807, 2.05) is 0 Å². The first-order chi connectivity index (χ1) is 8.61. The molecule has 18 heavy (non-hydrogen) atoms. The summed E-state index contributed by atoms with van der Waals surface area (Å²) in [6.07, 6.45) is -0.896. The Balaban J connectivity index is 2.41. The van der Waals surface area contributed by atoms with Crippen molar-refractivity contribution in [2.24, 2.45) is 0 Å². The lowest BCUT2D eigenvalue weighted by molar-refractivity contribution is 0.220. The van der Waals surface area contributed by atoms with Gasteiger partial charge < -0.3 is 20.7 Å². The summed E-state index contributed by atoms with van der Waals surface area (Å²) in [4.78, 5) is 0. The highest BCUT2D eigenvalue weighted by atomic mass is 16.5. The molecule has 0 saturated carbocycles. The van der Waals surface area contributed by atoms with Gasteiger partial charge >= 0.3 is 0 Å². The average molecular weight is 245 g/mol. The molecule has 1 unspecified atom stereocenters. The number of methoxy groups -OCH3 is 1. The van der Waals surface area contributed by atoms with Crippen LogP contribution < -0.4 is 10.5 Å². The lowest BCUT2D eigenvalue weighted by atomic mass is 9.99. The van der Waals surface area contributed by atoms with Crippen molar-refractivity contribution in [2.45, 2.75) is 6.10 Å². The molecule has 2 aromatic rings. The number of nitrogen functional groups attached to an aromatic ring is 1. The molecular weight excluding hydrogens is 230 g/mol. The second-order valence-electron chi connectivity index (χ2n) is 3.99. The van der Waals surface area contributed by atoms with Crippen molar-refractivity contribution in [1.29, 1.82) is 0 Å². The van der Waals surface area contributed by atoms with Crippen LogP contribution >= 0.6 is 0 Å². The molecule has 0 heterocycles. The largest absolute Gasteiger partial charge is 0.508 e. The van der Waals surface area contributed by atoms with E-state index >= 15 is 0 Å². The molecule has 0 bridgehead atoms. The first-order valence-corrected chi connectivity index (χ1v) is 5.52. The van der Waals surface area contributed by atoms with Crippen LogP contribution in [0.1, 0.15) is 17.2 Å². The molecule has 0 fully saturated rings. The highest BCUT2D eigenvalue weighted by Gasteiger charge is 2.14. The summed E-state index contributed by atoms with van der Waals surface area (Å²) in [5, 5.41) is 19.7. The zero-order chi connectivity index (χ0) is 13.1. The molecule has 4 heteroatoms. The molecule has 94 valence electrons. The van der Waals surface area contributed by atoms with Gasteiger partial charge in [-0.25, -0.2) is 0 Å². The number of aromatic hydroxyl groups is 1. The van der Waals surface area contributed by atoms with E-state index in [4.69, 9.17) is 10.5 Å². The smallest absolute Gasteiger partial charge is 0.119 e. The molecule has 0 amide bonds. The minimum atomic E-state index is -0.896.